The summed E-state index contributed by atoms with van der Waals surface area (Å²) in [5.41, 5.74) is 4.47. The standard InChI is InChI=1S/C20H21N3OS/c1-4-17-22-19-18(20(24)23(17)10-6-5-9-21)16(12-25-19)15-8-7-13(2)14(3)11-15/h7-8,11-12H,4-6,10H2,1-3H3. The van der Waals surface area contributed by atoms with Gasteiger partial charge in [-0.25, -0.2) is 4.98 Å². The van der Waals surface area contributed by atoms with Crippen LogP contribution in [0, 0.1) is 25.2 Å². The van der Waals surface area contributed by atoms with Crippen molar-refractivity contribution in [3.05, 3.63) is 50.9 Å². The fraction of sp³-hybridized carbons (Fsp3) is 0.350. The second-order valence-electron chi connectivity index (χ2n) is 6.23. The molecule has 0 aliphatic heterocycles. The Kier molecular flexibility index (Phi) is 5.00. The highest BCUT2D eigenvalue weighted by Gasteiger charge is 2.16. The summed E-state index contributed by atoms with van der Waals surface area (Å²) in [5, 5.41) is 11.5. The Bertz CT molecular complexity index is 1020. The number of fused-ring (bicyclic) bond motifs is 1. The minimum Gasteiger partial charge on any atom is -0.296 e. The maximum Gasteiger partial charge on any atom is 0.262 e. The first-order valence-corrected chi connectivity index (χ1v) is 9.40. The highest BCUT2D eigenvalue weighted by molar-refractivity contribution is 7.17. The van der Waals surface area contributed by atoms with E-state index in [2.05, 4.69) is 38.1 Å². The molecule has 0 bridgehead atoms. The number of aryl methyl sites for hydroxylation is 3. The lowest BCUT2D eigenvalue weighted by molar-refractivity contribution is 0.594. The minimum absolute atomic E-state index is 0.00858. The fourth-order valence-corrected chi connectivity index (χ4v) is 3.96. The number of benzene rings is 1. The lowest BCUT2D eigenvalue weighted by Gasteiger charge is -2.11. The van der Waals surface area contributed by atoms with Crippen LogP contribution in [-0.2, 0) is 13.0 Å². The van der Waals surface area contributed by atoms with Gasteiger partial charge in [0.2, 0.25) is 0 Å². The zero-order valence-corrected chi connectivity index (χ0v) is 15.6. The van der Waals surface area contributed by atoms with Gasteiger partial charge in [-0.2, -0.15) is 5.26 Å². The third kappa shape index (κ3) is 3.22. The molecule has 0 radical (unpaired) electrons. The van der Waals surface area contributed by atoms with Crippen LogP contribution < -0.4 is 5.56 Å². The van der Waals surface area contributed by atoms with E-state index >= 15 is 0 Å². The van der Waals surface area contributed by atoms with Crippen LogP contribution >= 0.6 is 11.3 Å². The van der Waals surface area contributed by atoms with E-state index in [0.717, 1.165) is 21.8 Å². The Labute approximate surface area is 151 Å². The number of nitriles is 1. The number of hydrogen-bond donors (Lipinski definition) is 0. The molecule has 0 fully saturated rings. The molecule has 0 N–H and O–H groups in total. The molecule has 3 rings (SSSR count). The van der Waals surface area contributed by atoms with Gasteiger partial charge in [0.15, 0.2) is 0 Å². The summed E-state index contributed by atoms with van der Waals surface area (Å²) >= 11 is 1.52. The van der Waals surface area contributed by atoms with Crippen molar-refractivity contribution in [3.63, 3.8) is 0 Å². The molecule has 128 valence electrons. The predicted molar refractivity (Wildman–Crippen MR) is 103 cm³/mol. The molecule has 0 spiro atoms. The number of thiophene rings is 1. The molecule has 0 saturated carbocycles. The third-order valence-corrected chi connectivity index (χ3v) is 5.45. The van der Waals surface area contributed by atoms with E-state index in [1.165, 1.54) is 22.5 Å². The summed E-state index contributed by atoms with van der Waals surface area (Å²) < 4.78 is 1.75. The van der Waals surface area contributed by atoms with E-state index in [-0.39, 0.29) is 5.56 Å². The maximum atomic E-state index is 13.2. The first-order valence-electron chi connectivity index (χ1n) is 8.52. The number of nitrogens with zero attached hydrogens (tertiary/aromatic N) is 3. The van der Waals surface area contributed by atoms with Crippen LogP contribution in [-0.4, -0.2) is 9.55 Å². The SMILES string of the molecule is CCc1nc2scc(-c3ccc(C)c(C)c3)c2c(=O)n1CCCC#N. The van der Waals surface area contributed by atoms with Gasteiger partial charge in [0.1, 0.15) is 10.7 Å². The molecule has 0 aliphatic carbocycles. The van der Waals surface area contributed by atoms with Gasteiger partial charge in [-0.05, 0) is 37.0 Å². The first-order chi connectivity index (χ1) is 12.1. The maximum absolute atomic E-state index is 13.2. The van der Waals surface area contributed by atoms with Crippen LogP contribution in [0.5, 0.6) is 0 Å². The summed E-state index contributed by atoms with van der Waals surface area (Å²) in [6, 6.07) is 8.43. The van der Waals surface area contributed by atoms with Gasteiger partial charge >= 0.3 is 0 Å². The van der Waals surface area contributed by atoms with Crippen molar-refractivity contribution in [2.75, 3.05) is 0 Å². The quantitative estimate of drug-likeness (QED) is 0.631. The van der Waals surface area contributed by atoms with E-state index in [1.54, 1.807) is 4.57 Å². The number of hydrogen-bond acceptors (Lipinski definition) is 4. The van der Waals surface area contributed by atoms with Crippen molar-refractivity contribution in [3.8, 4) is 17.2 Å². The van der Waals surface area contributed by atoms with Crippen molar-refractivity contribution in [1.82, 2.24) is 9.55 Å². The second kappa shape index (κ2) is 7.20. The van der Waals surface area contributed by atoms with Crippen LogP contribution in [0.1, 0.15) is 36.7 Å². The van der Waals surface area contributed by atoms with Crippen LogP contribution in [0.2, 0.25) is 0 Å². The van der Waals surface area contributed by atoms with Crippen LogP contribution in [0.4, 0.5) is 0 Å². The molecular weight excluding hydrogens is 330 g/mol. The number of aromatic nitrogens is 2. The van der Waals surface area contributed by atoms with Gasteiger partial charge in [-0.15, -0.1) is 11.3 Å². The van der Waals surface area contributed by atoms with E-state index in [1.807, 2.05) is 12.3 Å². The largest absolute Gasteiger partial charge is 0.296 e. The molecular formula is C20H21N3OS. The Hall–Kier alpha value is -2.45. The Morgan fingerprint density at radius 2 is 2.08 bits per heavy atom. The molecule has 2 heterocycles. The summed E-state index contributed by atoms with van der Waals surface area (Å²) in [6.45, 7) is 6.72. The molecule has 2 aromatic heterocycles. The van der Waals surface area contributed by atoms with Gasteiger partial charge in [0.25, 0.3) is 5.56 Å². The lowest BCUT2D eigenvalue weighted by atomic mass is 10.0. The molecule has 5 heteroatoms. The lowest BCUT2D eigenvalue weighted by Crippen LogP contribution is -2.25. The normalized spacial score (nSPS) is 11.0. The number of rotatable bonds is 5. The van der Waals surface area contributed by atoms with Crippen molar-refractivity contribution in [2.45, 2.75) is 46.6 Å². The Morgan fingerprint density at radius 1 is 1.28 bits per heavy atom. The molecule has 0 unspecified atom stereocenters. The monoisotopic (exact) mass is 351 g/mol. The van der Waals surface area contributed by atoms with E-state index < -0.39 is 0 Å². The molecule has 3 aromatic rings. The Morgan fingerprint density at radius 3 is 2.76 bits per heavy atom. The van der Waals surface area contributed by atoms with Gasteiger partial charge in [-0.1, -0.05) is 25.1 Å². The van der Waals surface area contributed by atoms with Crippen molar-refractivity contribution < 1.29 is 0 Å². The zero-order chi connectivity index (χ0) is 18.0. The van der Waals surface area contributed by atoms with Crippen molar-refractivity contribution in [2.24, 2.45) is 0 Å². The van der Waals surface area contributed by atoms with Crippen LogP contribution in [0.3, 0.4) is 0 Å². The molecule has 0 saturated heterocycles. The topological polar surface area (TPSA) is 58.7 Å². The van der Waals surface area contributed by atoms with E-state index in [4.69, 9.17) is 10.2 Å². The molecule has 25 heavy (non-hydrogen) atoms. The van der Waals surface area contributed by atoms with Crippen LogP contribution in [0.25, 0.3) is 21.3 Å². The van der Waals surface area contributed by atoms with E-state index in [9.17, 15) is 4.79 Å². The van der Waals surface area contributed by atoms with Crippen LogP contribution in [0.15, 0.2) is 28.4 Å². The van der Waals surface area contributed by atoms with Gasteiger partial charge in [-0.3, -0.25) is 9.36 Å². The highest BCUT2D eigenvalue weighted by atomic mass is 32.1. The fourth-order valence-electron chi connectivity index (χ4n) is 3.00. The smallest absolute Gasteiger partial charge is 0.262 e. The average molecular weight is 351 g/mol. The predicted octanol–water partition coefficient (Wildman–Crippen LogP) is 4.61. The summed E-state index contributed by atoms with van der Waals surface area (Å²) in [5.74, 6) is 0.795. The van der Waals surface area contributed by atoms with Gasteiger partial charge < -0.3 is 0 Å². The van der Waals surface area contributed by atoms with Gasteiger partial charge in [0.05, 0.1) is 11.5 Å². The minimum atomic E-state index is 0.00858. The third-order valence-electron chi connectivity index (χ3n) is 4.58. The molecule has 4 nitrogen and oxygen atoms in total. The summed E-state index contributed by atoms with van der Waals surface area (Å²) in [4.78, 5) is 18.7. The van der Waals surface area contributed by atoms with Crippen molar-refractivity contribution >= 4 is 21.6 Å². The van der Waals surface area contributed by atoms with E-state index in [0.29, 0.717) is 31.2 Å². The molecule has 0 atom stereocenters. The van der Waals surface area contributed by atoms with Gasteiger partial charge in [0, 0.05) is 30.3 Å². The molecule has 1 aromatic carbocycles. The zero-order valence-electron chi connectivity index (χ0n) is 14.8. The van der Waals surface area contributed by atoms with Crippen molar-refractivity contribution in [1.29, 1.82) is 5.26 Å². The molecule has 0 aliphatic rings. The number of unbranched alkanes of at least 4 members (excludes halogenated alkanes) is 1. The highest BCUT2D eigenvalue weighted by Crippen LogP contribution is 2.32. The molecule has 0 amide bonds. The first kappa shape index (κ1) is 17.4. The Balaban J connectivity index is 2.19. The second-order valence-corrected chi connectivity index (χ2v) is 7.09. The average Bonchev–Trinajstić information content (AvgIpc) is 3.03. The summed E-state index contributed by atoms with van der Waals surface area (Å²) in [6.07, 6.45) is 1.82. The summed E-state index contributed by atoms with van der Waals surface area (Å²) in [7, 11) is 0.